The Balaban J connectivity index is 1.47. The minimum atomic E-state index is -4.41. The van der Waals surface area contributed by atoms with Gasteiger partial charge in [-0.15, -0.1) is 11.3 Å². The number of anilines is 2. The van der Waals surface area contributed by atoms with Crippen molar-refractivity contribution < 1.29 is 22.7 Å². The number of carbonyl (C=O) groups is 1. The van der Waals surface area contributed by atoms with E-state index in [1.165, 1.54) is 23.5 Å². The van der Waals surface area contributed by atoms with E-state index in [0.717, 1.165) is 43.8 Å². The lowest BCUT2D eigenvalue weighted by Gasteiger charge is -2.30. The Labute approximate surface area is 200 Å². The molecule has 1 saturated heterocycles. The van der Waals surface area contributed by atoms with Gasteiger partial charge in [-0.25, -0.2) is 9.97 Å². The number of hydrogen-bond donors (Lipinski definition) is 1. The SMILES string of the molecule is CC(=O)N1CCC(c2csc(Nc3ncc(Br)cc3Oc3ccc(C(F)(F)F)cc3)n2)CC1. The zero-order chi connectivity index (χ0) is 23.6. The van der Waals surface area contributed by atoms with Crippen LogP contribution in [0.15, 0.2) is 46.4 Å². The molecule has 3 heterocycles. The van der Waals surface area contributed by atoms with Gasteiger partial charge in [0, 0.05) is 48.0 Å². The zero-order valence-corrected chi connectivity index (χ0v) is 19.9. The van der Waals surface area contributed by atoms with Crippen LogP contribution >= 0.6 is 27.3 Å². The topological polar surface area (TPSA) is 67.4 Å². The Morgan fingerprint density at radius 1 is 1.24 bits per heavy atom. The van der Waals surface area contributed by atoms with Crippen molar-refractivity contribution in [2.75, 3.05) is 18.4 Å². The summed E-state index contributed by atoms with van der Waals surface area (Å²) in [6.45, 7) is 3.03. The molecule has 1 aromatic carbocycles. The molecule has 1 amide bonds. The van der Waals surface area contributed by atoms with Gasteiger partial charge in [-0.1, -0.05) is 0 Å². The molecule has 4 rings (SSSR count). The lowest BCUT2D eigenvalue weighted by molar-refractivity contribution is -0.137. The van der Waals surface area contributed by atoms with Gasteiger partial charge >= 0.3 is 6.18 Å². The fraction of sp³-hybridized carbons (Fsp3) is 0.318. The smallest absolute Gasteiger partial charge is 0.416 e. The normalized spacial score (nSPS) is 14.9. The second kappa shape index (κ2) is 9.68. The number of nitrogens with one attached hydrogen (secondary N) is 1. The summed E-state index contributed by atoms with van der Waals surface area (Å²) in [6.07, 6.45) is -1.09. The summed E-state index contributed by atoms with van der Waals surface area (Å²) in [5.41, 5.74) is 0.220. The summed E-state index contributed by atoms with van der Waals surface area (Å²) in [6, 6.07) is 6.15. The lowest BCUT2D eigenvalue weighted by atomic mass is 9.94. The van der Waals surface area contributed by atoms with E-state index in [-0.39, 0.29) is 17.6 Å². The number of nitrogens with zero attached hydrogens (tertiary/aromatic N) is 3. The average Bonchev–Trinajstić information content (AvgIpc) is 3.24. The number of pyridine rings is 1. The molecule has 33 heavy (non-hydrogen) atoms. The summed E-state index contributed by atoms with van der Waals surface area (Å²) < 4.78 is 44.9. The third-order valence-electron chi connectivity index (χ3n) is 5.33. The van der Waals surface area contributed by atoms with Crippen molar-refractivity contribution in [3.8, 4) is 11.5 Å². The van der Waals surface area contributed by atoms with E-state index >= 15 is 0 Å². The molecule has 11 heteroatoms. The maximum atomic E-state index is 12.8. The highest BCUT2D eigenvalue weighted by molar-refractivity contribution is 9.10. The quantitative estimate of drug-likeness (QED) is 0.395. The van der Waals surface area contributed by atoms with E-state index in [9.17, 15) is 18.0 Å². The number of piperidine rings is 1. The summed E-state index contributed by atoms with van der Waals surface area (Å²) in [5.74, 6) is 1.37. The van der Waals surface area contributed by atoms with Crippen LogP contribution in [-0.4, -0.2) is 33.9 Å². The number of halogens is 4. The molecule has 2 aromatic heterocycles. The monoisotopic (exact) mass is 540 g/mol. The van der Waals surface area contributed by atoms with Gasteiger partial charge < -0.3 is 15.0 Å². The Morgan fingerprint density at radius 2 is 1.94 bits per heavy atom. The van der Waals surface area contributed by atoms with Gasteiger partial charge in [0.15, 0.2) is 16.7 Å². The van der Waals surface area contributed by atoms with Crippen LogP contribution in [0.1, 0.15) is 36.9 Å². The summed E-state index contributed by atoms with van der Waals surface area (Å²) >= 11 is 4.78. The number of carbonyl (C=O) groups excluding carboxylic acids is 1. The molecule has 0 bridgehead atoms. The van der Waals surface area contributed by atoms with Gasteiger partial charge in [0.25, 0.3) is 0 Å². The van der Waals surface area contributed by atoms with Crippen molar-refractivity contribution in [2.24, 2.45) is 0 Å². The molecular weight excluding hydrogens is 521 g/mol. The predicted molar refractivity (Wildman–Crippen MR) is 123 cm³/mol. The average molecular weight is 541 g/mol. The van der Waals surface area contributed by atoms with Crippen LogP contribution in [0.3, 0.4) is 0 Å². The Kier molecular flexibility index (Phi) is 6.89. The standard InChI is InChI=1S/C22H20BrF3N4O2S/c1-13(31)30-8-6-14(7-9-30)18-12-33-21(28-18)29-20-19(10-16(23)11-27-20)32-17-4-2-15(3-5-17)22(24,25)26/h2-5,10-12,14H,6-9H2,1H3,(H,27,28,29). The van der Waals surface area contributed by atoms with E-state index in [2.05, 4.69) is 31.2 Å². The van der Waals surface area contributed by atoms with Crippen LogP contribution in [0.25, 0.3) is 0 Å². The number of hydrogen-bond acceptors (Lipinski definition) is 6. The predicted octanol–water partition coefficient (Wildman–Crippen LogP) is 6.58. The minimum absolute atomic E-state index is 0.0935. The number of benzene rings is 1. The number of amides is 1. The molecule has 0 saturated carbocycles. The molecule has 1 fully saturated rings. The highest BCUT2D eigenvalue weighted by Crippen LogP contribution is 2.36. The molecular formula is C22H20BrF3N4O2S. The van der Waals surface area contributed by atoms with Crippen molar-refractivity contribution in [2.45, 2.75) is 31.9 Å². The third kappa shape index (κ3) is 5.83. The largest absolute Gasteiger partial charge is 0.453 e. The first-order valence-corrected chi connectivity index (χ1v) is 11.8. The van der Waals surface area contributed by atoms with Crippen molar-refractivity contribution >= 4 is 44.1 Å². The molecule has 0 radical (unpaired) electrons. The molecule has 1 aliphatic heterocycles. The maximum Gasteiger partial charge on any atom is 0.416 e. The minimum Gasteiger partial charge on any atom is -0.453 e. The molecule has 1 aliphatic rings. The van der Waals surface area contributed by atoms with Gasteiger partial charge in [-0.05, 0) is 53.0 Å². The van der Waals surface area contributed by atoms with Crippen LogP contribution in [-0.2, 0) is 11.0 Å². The highest BCUT2D eigenvalue weighted by Gasteiger charge is 2.30. The summed E-state index contributed by atoms with van der Waals surface area (Å²) in [4.78, 5) is 22.4. The highest BCUT2D eigenvalue weighted by atomic mass is 79.9. The number of likely N-dealkylation sites (tertiary alicyclic amines) is 1. The molecule has 0 unspecified atom stereocenters. The lowest BCUT2D eigenvalue weighted by Crippen LogP contribution is -2.36. The van der Waals surface area contributed by atoms with Gasteiger partial charge in [-0.2, -0.15) is 13.2 Å². The van der Waals surface area contributed by atoms with Crippen LogP contribution in [0.5, 0.6) is 11.5 Å². The number of aromatic nitrogens is 2. The number of rotatable bonds is 5. The molecule has 0 spiro atoms. The number of alkyl halides is 3. The second-order valence-electron chi connectivity index (χ2n) is 7.61. The van der Waals surface area contributed by atoms with Crippen molar-refractivity contribution in [1.82, 2.24) is 14.9 Å². The molecule has 174 valence electrons. The molecule has 0 aliphatic carbocycles. The molecule has 1 N–H and O–H groups in total. The van der Waals surface area contributed by atoms with E-state index in [1.807, 2.05) is 10.3 Å². The Morgan fingerprint density at radius 3 is 2.58 bits per heavy atom. The molecule has 3 aromatic rings. The van der Waals surface area contributed by atoms with Gasteiger partial charge in [0.1, 0.15) is 5.75 Å². The van der Waals surface area contributed by atoms with E-state index < -0.39 is 11.7 Å². The van der Waals surface area contributed by atoms with Crippen molar-refractivity contribution in [3.63, 3.8) is 0 Å². The van der Waals surface area contributed by atoms with Crippen LogP contribution in [0.2, 0.25) is 0 Å². The number of ether oxygens (including phenoxy) is 1. The van der Waals surface area contributed by atoms with Crippen molar-refractivity contribution in [1.29, 1.82) is 0 Å². The van der Waals surface area contributed by atoms with E-state index in [0.29, 0.717) is 21.2 Å². The second-order valence-corrected chi connectivity index (χ2v) is 9.38. The summed E-state index contributed by atoms with van der Waals surface area (Å²) in [7, 11) is 0. The molecule has 0 atom stereocenters. The first-order chi connectivity index (χ1) is 15.7. The fourth-order valence-corrected chi connectivity index (χ4v) is 4.66. The van der Waals surface area contributed by atoms with Crippen LogP contribution in [0, 0.1) is 0 Å². The molecule has 6 nitrogen and oxygen atoms in total. The maximum absolute atomic E-state index is 12.8. The van der Waals surface area contributed by atoms with Gasteiger partial charge in [0.05, 0.1) is 11.3 Å². The summed E-state index contributed by atoms with van der Waals surface area (Å²) in [5, 5.41) is 5.77. The first-order valence-electron chi connectivity index (χ1n) is 10.2. The fourth-order valence-electron chi connectivity index (χ4n) is 3.55. The van der Waals surface area contributed by atoms with Crippen LogP contribution in [0.4, 0.5) is 24.1 Å². The van der Waals surface area contributed by atoms with Gasteiger partial charge in [0.2, 0.25) is 5.91 Å². The first kappa shape index (κ1) is 23.5. The number of thiazole rings is 1. The Bertz CT molecular complexity index is 1130. The third-order valence-corrected chi connectivity index (χ3v) is 6.54. The van der Waals surface area contributed by atoms with Gasteiger partial charge in [-0.3, -0.25) is 4.79 Å². The zero-order valence-electron chi connectivity index (χ0n) is 17.5. The Hall–Kier alpha value is -2.66. The van der Waals surface area contributed by atoms with E-state index in [1.54, 1.807) is 19.2 Å². The van der Waals surface area contributed by atoms with Crippen LogP contribution < -0.4 is 10.1 Å². The van der Waals surface area contributed by atoms with E-state index in [4.69, 9.17) is 4.74 Å². The van der Waals surface area contributed by atoms with Crippen molar-refractivity contribution in [3.05, 3.63) is 57.6 Å².